The van der Waals surface area contributed by atoms with Gasteiger partial charge in [-0.05, 0) is 38.5 Å². The third-order valence-electron chi connectivity index (χ3n) is 8.95. The molecule has 0 bridgehead atoms. The first-order valence-electron chi connectivity index (χ1n) is 20.9. The van der Waals surface area contributed by atoms with Gasteiger partial charge in [-0.25, -0.2) is 0 Å². The Morgan fingerprint density at radius 3 is 0.520 bits per heavy atom. The zero-order valence-electron chi connectivity index (χ0n) is 33.4. The molecule has 0 heterocycles. The van der Waals surface area contributed by atoms with Gasteiger partial charge in [0.05, 0.1) is 0 Å². The Labute approximate surface area is 325 Å². The first-order valence-corrected chi connectivity index (χ1v) is 20.9. The molecule has 297 valence electrons. The maximum atomic E-state index is 10.1. The molecule has 0 saturated carbocycles. The molecule has 0 aliphatic heterocycles. The van der Waals surface area contributed by atoms with E-state index >= 15 is 0 Å². The van der Waals surface area contributed by atoms with Crippen LogP contribution in [0.3, 0.4) is 0 Å². The van der Waals surface area contributed by atoms with Gasteiger partial charge in [0, 0.05) is 17.9 Å². The van der Waals surface area contributed by atoms with Crippen LogP contribution in [0.2, 0.25) is 0 Å². The molecule has 0 fully saturated rings. The molecule has 50 heavy (non-hydrogen) atoms. The minimum atomic E-state index is -0.907. The zero-order valence-corrected chi connectivity index (χ0v) is 35.0. The van der Waals surface area contributed by atoms with Crippen molar-refractivity contribution in [2.45, 2.75) is 252 Å². The summed E-state index contributed by atoms with van der Waals surface area (Å²) in [4.78, 5) is 30.4. The average molecular weight is 748 g/mol. The van der Waals surface area contributed by atoms with Crippen LogP contribution in [0.25, 0.3) is 0 Å². The fourth-order valence-corrected chi connectivity index (χ4v) is 5.80. The minimum Gasteiger partial charge on any atom is -0.550 e. The smallest absolute Gasteiger partial charge is 0.550 e. The van der Waals surface area contributed by atoms with Crippen molar-refractivity contribution in [3.63, 3.8) is 0 Å². The second-order valence-corrected chi connectivity index (χ2v) is 14.0. The van der Waals surface area contributed by atoms with Crippen LogP contribution in [0, 0.1) is 0 Å². The van der Waals surface area contributed by atoms with Crippen molar-refractivity contribution in [1.82, 2.24) is 0 Å². The van der Waals surface area contributed by atoms with Crippen LogP contribution in [0.15, 0.2) is 0 Å². The van der Waals surface area contributed by atoms with E-state index in [1.165, 1.54) is 173 Å². The van der Waals surface area contributed by atoms with E-state index in [9.17, 15) is 29.7 Å². The van der Waals surface area contributed by atoms with Gasteiger partial charge < -0.3 is 35.2 Å². The molecule has 0 atom stereocenters. The van der Waals surface area contributed by atoms with Crippen LogP contribution in [-0.4, -0.2) is 23.4 Å². The molecule has 1 radical (unpaired) electrons. The van der Waals surface area contributed by atoms with Crippen LogP contribution < -0.4 is 15.3 Å². The fraction of sp³-hybridized carbons (Fsp3) is 0.929. The second-order valence-electron chi connectivity index (χ2n) is 14.0. The van der Waals surface area contributed by atoms with Gasteiger partial charge in [0.15, 0.2) is 0 Å². The number of rotatable bonds is 36. The molecule has 0 amide bonds. The molecule has 0 saturated heterocycles. The Bertz CT molecular complexity index is 560. The predicted molar refractivity (Wildman–Crippen MR) is 202 cm³/mol. The van der Waals surface area contributed by atoms with Crippen molar-refractivity contribution < 1.29 is 56.9 Å². The van der Waals surface area contributed by atoms with Crippen LogP contribution in [0.1, 0.15) is 252 Å². The van der Waals surface area contributed by atoms with Crippen LogP contribution in [0.4, 0.5) is 0 Å². The molecule has 0 aromatic carbocycles. The first kappa shape index (κ1) is 58.4. The van der Waals surface area contributed by atoms with Crippen LogP contribution in [-0.2, 0) is 36.1 Å². The van der Waals surface area contributed by atoms with Gasteiger partial charge in [0.2, 0.25) is 0 Å². The standard InChI is InChI=1S/3C14H28O2.H2O.Ti/c3*1-2-3-4-5-6-7-8-9-10-11-12-13-14(15)16;;/h3*2-13H2,1H3,(H,15,16);1H2;/q;;;;+3/p-3. The van der Waals surface area contributed by atoms with E-state index < -0.39 is 17.9 Å². The Balaban J connectivity index is -0.000000199. The molecule has 0 spiro atoms. The van der Waals surface area contributed by atoms with Crippen molar-refractivity contribution in [3.8, 4) is 0 Å². The summed E-state index contributed by atoms with van der Waals surface area (Å²) in [6, 6.07) is 0. The number of unbranched alkanes of at least 4 members (excludes halogenated alkanes) is 30. The maximum Gasteiger partial charge on any atom is 3.00 e. The molecular formula is C42H83O7Ti. The van der Waals surface area contributed by atoms with Crippen molar-refractivity contribution in [2.24, 2.45) is 0 Å². The van der Waals surface area contributed by atoms with Gasteiger partial charge in [-0.1, -0.05) is 213 Å². The second kappa shape index (κ2) is 54.9. The minimum absolute atomic E-state index is 0. The molecule has 0 aliphatic carbocycles. The Morgan fingerprint density at radius 2 is 0.400 bits per heavy atom. The van der Waals surface area contributed by atoms with E-state index in [-0.39, 0.29) is 46.5 Å². The number of aliphatic carboxylic acids is 3. The monoisotopic (exact) mass is 748 g/mol. The van der Waals surface area contributed by atoms with Gasteiger partial charge in [-0.3, -0.25) is 0 Å². The van der Waals surface area contributed by atoms with Gasteiger partial charge in [0.1, 0.15) is 0 Å². The quantitative estimate of drug-likeness (QED) is 0.0460. The molecule has 0 aromatic rings. The number of carboxylic acid groups (broad SMARTS) is 3. The van der Waals surface area contributed by atoms with E-state index in [4.69, 9.17) is 0 Å². The van der Waals surface area contributed by atoms with E-state index in [0.29, 0.717) is 0 Å². The molecular weight excluding hydrogens is 664 g/mol. The van der Waals surface area contributed by atoms with Crippen LogP contribution >= 0.6 is 0 Å². The number of carbonyl (C=O) groups is 3. The van der Waals surface area contributed by atoms with Crippen molar-refractivity contribution in [1.29, 1.82) is 0 Å². The summed E-state index contributed by atoms with van der Waals surface area (Å²) in [6.07, 6.45) is 42.1. The first-order chi connectivity index (χ1) is 23.3. The third kappa shape index (κ3) is 68.9. The summed E-state index contributed by atoms with van der Waals surface area (Å²) in [7, 11) is 0. The Hall–Kier alpha value is -0.916. The van der Waals surface area contributed by atoms with Gasteiger partial charge in [-0.15, -0.1) is 0 Å². The number of hydrogen-bond donors (Lipinski definition) is 0. The summed E-state index contributed by atoms with van der Waals surface area (Å²) in [6.45, 7) is 6.73. The molecule has 0 rings (SSSR count). The molecule has 2 N–H and O–H groups in total. The number of hydrogen-bond acceptors (Lipinski definition) is 6. The Kier molecular flexibility index (Phi) is 64.1. The summed E-state index contributed by atoms with van der Waals surface area (Å²) in [5, 5.41) is 30.4. The number of carboxylic acids is 3. The predicted octanol–water partition coefficient (Wildman–Crippen LogP) is 9.48. The van der Waals surface area contributed by atoms with Crippen molar-refractivity contribution in [2.75, 3.05) is 0 Å². The summed E-state index contributed by atoms with van der Waals surface area (Å²) >= 11 is 0. The van der Waals surface area contributed by atoms with Gasteiger partial charge >= 0.3 is 21.7 Å². The average Bonchev–Trinajstić information content (AvgIpc) is 3.05. The normalized spacial score (nSPS) is 10.1. The SMILES string of the molecule is CCCCCCCCCCCCCC(=O)[O-].CCCCCCCCCCCCCC(=O)[O-].CCCCCCCCCCCCCC(=O)[O-].O.[Ti+3]. The maximum absolute atomic E-state index is 10.1. The Morgan fingerprint density at radius 1 is 0.280 bits per heavy atom. The van der Waals surface area contributed by atoms with Crippen molar-refractivity contribution in [3.05, 3.63) is 0 Å². The van der Waals surface area contributed by atoms with E-state index in [1.807, 2.05) is 0 Å². The summed E-state index contributed by atoms with van der Waals surface area (Å²) < 4.78 is 0. The number of carbonyl (C=O) groups excluding carboxylic acids is 3. The van der Waals surface area contributed by atoms with E-state index in [1.54, 1.807) is 0 Å². The molecule has 0 aliphatic rings. The topological polar surface area (TPSA) is 152 Å². The third-order valence-corrected chi connectivity index (χ3v) is 8.95. The van der Waals surface area contributed by atoms with Crippen molar-refractivity contribution >= 4 is 17.9 Å². The van der Waals surface area contributed by atoms with E-state index in [2.05, 4.69) is 20.8 Å². The van der Waals surface area contributed by atoms with Crippen LogP contribution in [0.5, 0.6) is 0 Å². The summed E-state index contributed by atoms with van der Waals surface area (Å²) in [5.74, 6) is -2.72. The van der Waals surface area contributed by atoms with Gasteiger partial charge in [-0.2, -0.15) is 0 Å². The molecule has 8 heteroatoms. The van der Waals surface area contributed by atoms with Gasteiger partial charge in [0.25, 0.3) is 0 Å². The fourth-order valence-electron chi connectivity index (χ4n) is 5.80. The summed E-state index contributed by atoms with van der Waals surface area (Å²) in [5.41, 5.74) is 0. The molecule has 7 nitrogen and oxygen atoms in total. The zero-order chi connectivity index (χ0) is 36.2. The molecule has 0 unspecified atom stereocenters. The van der Waals surface area contributed by atoms with E-state index in [0.717, 1.165) is 38.5 Å². The molecule has 0 aromatic heterocycles. The largest absolute Gasteiger partial charge is 3.00 e.